The molecule has 58 heavy (non-hydrogen) atoms. The molecule has 0 bridgehead atoms. The quantitative estimate of drug-likeness (QED) is 0.158. The average Bonchev–Trinajstić information content (AvgIpc) is 3.56. The summed E-state index contributed by atoms with van der Waals surface area (Å²) in [5, 5.41) is 7.15. The van der Waals surface area contributed by atoms with Crippen LogP contribution in [0.5, 0.6) is 0 Å². The van der Waals surface area contributed by atoms with Crippen LogP contribution in [-0.2, 0) is 0 Å². The van der Waals surface area contributed by atoms with Gasteiger partial charge in [-0.05, 0) is 164 Å². The molecule has 0 radical (unpaired) electrons. The molecule has 10 aromatic rings. The summed E-state index contributed by atoms with van der Waals surface area (Å²) >= 11 is 7.33. The van der Waals surface area contributed by atoms with Crippen LogP contribution in [0.2, 0.25) is 0 Å². The number of hydrogen-bond acceptors (Lipinski definition) is 2. The number of nitrogens with zero attached hydrogens (tertiary/aromatic N) is 3. The summed E-state index contributed by atoms with van der Waals surface area (Å²) in [7, 11) is 0. The molecule has 280 valence electrons. The van der Waals surface area contributed by atoms with Crippen molar-refractivity contribution in [3.05, 3.63) is 208 Å². The minimum atomic E-state index is 1.08. The van der Waals surface area contributed by atoms with Crippen molar-refractivity contribution in [2.45, 2.75) is 20.8 Å². The van der Waals surface area contributed by atoms with Crippen LogP contribution < -0.4 is 9.80 Å². The molecular weight excluding hydrogens is 838 g/mol. The maximum absolute atomic E-state index is 3.66. The number of rotatable bonds is 7. The molecule has 0 amide bonds. The Bertz CT molecular complexity index is 2970. The van der Waals surface area contributed by atoms with Gasteiger partial charge < -0.3 is 14.4 Å². The summed E-state index contributed by atoms with van der Waals surface area (Å²) in [6, 6.07) is 66.8. The monoisotopic (exact) mass is 875 g/mol. The van der Waals surface area contributed by atoms with Gasteiger partial charge in [0.2, 0.25) is 0 Å². The Kier molecular flexibility index (Phi) is 9.16. The lowest BCUT2D eigenvalue weighted by Crippen LogP contribution is -2.10. The molecule has 3 nitrogen and oxygen atoms in total. The molecule has 9 aromatic carbocycles. The van der Waals surface area contributed by atoms with E-state index >= 15 is 0 Å². The van der Waals surface area contributed by atoms with E-state index in [1.54, 1.807) is 0 Å². The summed E-state index contributed by atoms with van der Waals surface area (Å²) in [5.74, 6) is 0. The fourth-order valence-electron chi connectivity index (χ4n) is 8.22. The molecule has 0 atom stereocenters. The van der Waals surface area contributed by atoms with Crippen LogP contribution in [-0.4, -0.2) is 4.57 Å². The van der Waals surface area contributed by atoms with Crippen LogP contribution in [0.3, 0.4) is 0 Å². The molecule has 0 aliphatic heterocycles. The van der Waals surface area contributed by atoms with Gasteiger partial charge >= 0.3 is 0 Å². The zero-order valence-electron chi connectivity index (χ0n) is 32.4. The Hall–Kier alpha value is -6.14. The standard InChI is InChI=1S/C53H39Br2N3/c1-34-4-16-43(17-5-34)56(46-22-12-37-28-41(54)14-10-39(37)30-46)48-24-26-52-50(32-48)51-33-49(25-27-53(51)58(52)45-20-8-36(3)9-21-45)57(44-18-6-35(2)7-19-44)47-23-13-38-29-42(55)15-11-40(38)31-47/h4-33H,1-3H3. The van der Waals surface area contributed by atoms with Crippen molar-refractivity contribution in [2.24, 2.45) is 0 Å². The van der Waals surface area contributed by atoms with E-state index in [-0.39, 0.29) is 0 Å². The van der Waals surface area contributed by atoms with Crippen LogP contribution >= 0.6 is 31.9 Å². The van der Waals surface area contributed by atoms with E-state index < -0.39 is 0 Å². The third kappa shape index (κ3) is 6.64. The highest BCUT2D eigenvalue weighted by Gasteiger charge is 2.21. The molecule has 0 aliphatic rings. The van der Waals surface area contributed by atoms with E-state index in [0.717, 1.165) is 59.8 Å². The summed E-state index contributed by atoms with van der Waals surface area (Å²) < 4.78 is 4.56. The van der Waals surface area contributed by atoms with E-state index in [1.165, 1.54) is 49.0 Å². The van der Waals surface area contributed by atoms with E-state index in [9.17, 15) is 0 Å². The van der Waals surface area contributed by atoms with Gasteiger partial charge in [0.1, 0.15) is 0 Å². The molecule has 1 aromatic heterocycles. The van der Waals surface area contributed by atoms with Gasteiger partial charge in [-0.3, -0.25) is 0 Å². The Balaban J connectivity index is 1.21. The second-order valence-electron chi connectivity index (χ2n) is 15.3. The van der Waals surface area contributed by atoms with Crippen molar-refractivity contribution in [1.29, 1.82) is 0 Å². The molecule has 1 heterocycles. The number of halogens is 2. The van der Waals surface area contributed by atoms with Gasteiger partial charge in [-0.15, -0.1) is 0 Å². The molecular formula is C53H39Br2N3. The second-order valence-corrected chi connectivity index (χ2v) is 17.1. The Morgan fingerprint density at radius 2 is 0.655 bits per heavy atom. The number of hydrogen-bond donors (Lipinski definition) is 0. The minimum Gasteiger partial charge on any atom is -0.310 e. The van der Waals surface area contributed by atoms with Crippen molar-refractivity contribution in [3.63, 3.8) is 0 Å². The number of aryl methyl sites for hydroxylation is 3. The average molecular weight is 878 g/mol. The first-order valence-electron chi connectivity index (χ1n) is 19.5. The third-order valence-corrected chi connectivity index (χ3v) is 12.2. The fourth-order valence-corrected chi connectivity index (χ4v) is 8.98. The predicted octanol–water partition coefficient (Wildman–Crippen LogP) is 16.5. The lowest BCUT2D eigenvalue weighted by atomic mass is 10.1. The first-order chi connectivity index (χ1) is 28.3. The second kappa shape index (κ2) is 14.7. The number of aromatic nitrogens is 1. The van der Waals surface area contributed by atoms with Gasteiger partial charge in [0.05, 0.1) is 11.0 Å². The summed E-state index contributed by atoms with van der Waals surface area (Å²) in [6.07, 6.45) is 0. The van der Waals surface area contributed by atoms with Crippen molar-refractivity contribution in [2.75, 3.05) is 9.80 Å². The van der Waals surface area contributed by atoms with Gasteiger partial charge in [0.25, 0.3) is 0 Å². The first-order valence-corrected chi connectivity index (χ1v) is 21.1. The molecule has 0 spiro atoms. The highest BCUT2D eigenvalue weighted by atomic mass is 79.9. The summed E-state index contributed by atoms with van der Waals surface area (Å²) in [4.78, 5) is 4.76. The number of anilines is 6. The summed E-state index contributed by atoms with van der Waals surface area (Å²) in [6.45, 7) is 6.43. The molecule has 0 fully saturated rings. The smallest absolute Gasteiger partial charge is 0.0542 e. The molecule has 0 saturated carbocycles. The van der Waals surface area contributed by atoms with E-state index in [2.05, 4.69) is 249 Å². The topological polar surface area (TPSA) is 11.4 Å². The van der Waals surface area contributed by atoms with Crippen LogP contribution in [0.15, 0.2) is 191 Å². The van der Waals surface area contributed by atoms with E-state index in [4.69, 9.17) is 0 Å². The van der Waals surface area contributed by atoms with Crippen molar-refractivity contribution in [1.82, 2.24) is 4.57 Å². The predicted molar refractivity (Wildman–Crippen MR) is 255 cm³/mol. The van der Waals surface area contributed by atoms with Crippen molar-refractivity contribution >= 4 is 109 Å². The molecule has 0 N–H and O–H groups in total. The van der Waals surface area contributed by atoms with Gasteiger partial charge in [-0.1, -0.05) is 109 Å². The van der Waals surface area contributed by atoms with Gasteiger partial charge in [-0.25, -0.2) is 0 Å². The number of benzene rings is 9. The molecule has 0 saturated heterocycles. The van der Waals surface area contributed by atoms with Crippen LogP contribution in [0.25, 0.3) is 49.0 Å². The normalized spacial score (nSPS) is 11.5. The van der Waals surface area contributed by atoms with Crippen LogP contribution in [0.4, 0.5) is 34.1 Å². The lowest BCUT2D eigenvalue weighted by Gasteiger charge is -2.26. The first kappa shape index (κ1) is 36.2. The Morgan fingerprint density at radius 1 is 0.328 bits per heavy atom. The fraction of sp³-hybridized carbons (Fsp3) is 0.0566. The third-order valence-electron chi connectivity index (χ3n) is 11.2. The zero-order chi connectivity index (χ0) is 39.5. The van der Waals surface area contributed by atoms with E-state index in [0.29, 0.717) is 0 Å². The zero-order valence-corrected chi connectivity index (χ0v) is 35.6. The molecule has 10 rings (SSSR count). The molecule has 0 unspecified atom stereocenters. The highest BCUT2D eigenvalue weighted by Crippen LogP contribution is 2.44. The largest absolute Gasteiger partial charge is 0.310 e. The number of fused-ring (bicyclic) bond motifs is 5. The van der Waals surface area contributed by atoms with Crippen molar-refractivity contribution < 1.29 is 0 Å². The molecule has 0 aliphatic carbocycles. The van der Waals surface area contributed by atoms with E-state index in [1.807, 2.05) is 0 Å². The maximum Gasteiger partial charge on any atom is 0.0542 e. The van der Waals surface area contributed by atoms with Gasteiger partial charge in [0.15, 0.2) is 0 Å². The minimum absolute atomic E-state index is 1.08. The maximum atomic E-state index is 3.66. The summed E-state index contributed by atoms with van der Waals surface area (Å²) in [5.41, 5.74) is 13.8. The SMILES string of the molecule is Cc1ccc(N(c2ccc3cc(Br)ccc3c2)c2ccc3c(c2)c2cc(N(c4ccc(C)cc4)c4ccc5cc(Br)ccc5c4)ccc2n3-c2ccc(C)cc2)cc1. The van der Waals surface area contributed by atoms with Gasteiger partial charge in [0, 0.05) is 59.5 Å². The van der Waals surface area contributed by atoms with Gasteiger partial charge in [-0.2, -0.15) is 0 Å². The van der Waals surface area contributed by atoms with Crippen LogP contribution in [0.1, 0.15) is 16.7 Å². The lowest BCUT2D eigenvalue weighted by molar-refractivity contribution is 1.17. The van der Waals surface area contributed by atoms with Crippen LogP contribution in [0, 0.1) is 20.8 Å². The Labute approximate surface area is 355 Å². The van der Waals surface area contributed by atoms with Crippen molar-refractivity contribution in [3.8, 4) is 5.69 Å². The highest BCUT2D eigenvalue weighted by molar-refractivity contribution is 9.10. The molecule has 5 heteroatoms. The Morgan fingerprint density at radius 3 is 1.09 bits per heavy atom.